The lowest BCUT2D eigenvalue weighted by Crippen LogP contribution is -2.10. The summed E-state index contributed by atoms with van der Waals surface area (Å²) >= 11 is 0. The van der Waals surface area contributed by atoms with Crippen molar-refractivity contribution < 1.29 is 8.78 Å². The van der Waals surface area contributed by atoms with Crippen molar-refractivity contribution in [3.8, 4) is 0 Å². The monoisotopic (exact) mass is 198 g/mol. The Hall–Kier alpha value is -1.45. The molecule has 0 saturated carbocycles. The predicted molar refractivity (Wildman–Crippen MR) is 52.5 cm³/mol. The fraction of sp³-hybridized carbons (Fsp3) is 0.300. The average Bonchev–Trinajstić information content (AvgIpc) is 2.12. The highest BCUT2D eigenvalue weighted by Crippen LogP contribution is 2.21. The van der Waals surface area contributed by atoms with Gasteiger partial charge in [-0.25, -0.2) is 13.8 Å². The second kappa shape index (κ2) is 4.69. The van der Waals surface area contributed by atoms with Crippen LogP contribution in [0.3, 0.4) is 0 Å². The summed E-state index contributed by atoms with van der Waals surface area (Å²) in [7, 11) is 0. The van der Waals surface area contributed by atoms with Gasteiger partial charge in [-0.2, -0.15) is 0 Å². The zero-order valence-corrected chi connectivity index (χ0v) is 7.93. The first-order valence-electron chi connectivity index (χ1n) is 4.42. The van der Waals surface area contributed by atoms with E-state index in [4.69, 9.17) is 5.73 Å². The van der Waals surface area contributed by atoms with Crippen LogP contribution in [0.25, 0.3) is 0 Å². The van der Waals surface area contributed by atoms with Gasteiger partial charge in [-0.05, 0) is 18.6 Å². The van der Waals surface area contributed by atoms with Gasteiger partial charge in [0.15, 0.2) is 11.6 Å². The molecule has 4 heteroatoms. The molecule has 76 valence electrons. The molecule has 1 aromatic carbocycles. The molecular formula is C10H12F2N2. The lowest BCUT2D eigenvalue weighted by molar-refractivity contribution is 0.587. The van der Waals surface area contributed by atoms with Crippen molar-refractivity contribution in [1.82, 2.24) is 0 Å². The van der Waals surface area contributed by atoms with Crippen molar-refractivity contribution in [2.45, 2.75) is 19.8 Å². The minimum Gasteiger partial charge on any atom is -0.387 e. The molecular weight excluding hydrogens is 186 g/mol. The summed E-state index contributed by atoms with van der Waals surface area (Å²) in [5, 5.41) is 0. The van der Waals surface area contributed by atoms with Crippen LogP contribution in [0.15, 0.2) is 23.2 Å². The van der Waals surface area contributed by atoms with Crippen LogP contribution in [-0.4, -0.2) is 5.84 Å². The molecule has 0 spiro atoms. The maximum atomic E-state index is 13.0. The topological polar surface area (TPSA) is 38.4 Å². The summed E-state index contributed by atoms with van der Waals surface area (Å²) < 4.78 is 26.1. The normalized spacial score (nSPS) is 11.8. The Morgan fingerprint density at radius 3 is 2.43 bits per heavy atom. The molecule has 0 aliphatic rings. The van der Waals surface area contributed by atoms with Gasteiger partial charge >= 0.3 is 0 Å². The minimum absolute atomic E-state index is 0.247. The highest BCUT2D eigenvalue weighted by molar-refractivity contribution is 5.83. The first-order chi connectivity index (χ1) is 6.65. The van der Waals surface area contributed by atoms with Gasteiger partial charge in [-0.15, -0.1) is 0 Å². The molecule has 0 radical (unpaired) electrons. The van der Waals surface area contributed by atoms with E-state index >= 15 is 0 Å². The predicted octanol–water partition coefficient (Wildman–Crippen LogP) is 2.75. The van der Waals surface area contributed by atoms with Gasteiger partial charge < -0.3 is 5.73 Å². The Bertz CT molecular complexity index is 328. The van der Waals surface area contributed by atoms with Crippen molar-refractivity contribution in [2.75, 3.05) is 0 Å². The maximum Gasteiger partial charge on any atom is 0.151 e. The van der Waals surface area contributed by atoms with E-state index in [1.165, 1.54) is 6.07 Å². The lowest BCUT2D eigenvalue weighted by Gasteiger charge is -2.00. The number of rotatable bonds is 3. The summed E-state index contributed by atoms with van der Waals surface area (Å²) in [4.78, 5) is 3.69. The number of hydrogen-bond acceptors (Lipinski definition) is 1. The molecule has 0 heterocycles. The van der Waals surface area contributed by atoms with Crippen molar-refractivity contribution in [3.05, 3.63) is 29.8 Å². The third kappa shape index (κ3) is 2.52. The van der Waals surface area contributed by atoms with E-state index in [1.807, 2.05) is 6.92 Å². The van der Waals surface area contributed by atoms with E-state index in [-0.39, 0.29) is 11.5 Å². The number of benzene rings is 1. The second-order valence-electron chi connectivity index (χ2n) is 2.92. The van der Waals surface area contributed by atoms with E-state index < -0.39 is 11.6 Å². The van der Waals surface area contributed by atoms with Gasteiger partial charge in [-0.3, -0.25) is 0 Å². The number of nitrogens with zero attached hydrogens (tertiary/aromatic N) is 1. The zero-order valence-electron chi connectivity index (χ0n) is 7.93. The first kappa shape index (κ1) is 10.6. The van der Waals surface area contributed by atoms with Crippen molar-refractivity contribution in [2.24, 2.45) is 10.7 Å². The summed E-state index contributed by atoms with van der Waals surface area (Å²) in [6, 6.07) is 3.60. The molecule has 2 N–H and O–H groups in total. The van der Waals surface area contributed by atoms with Crippen LogP contribution in [0.4, 0.5) is 14.5 Å². The van der Waals surface area contributed by atoms with Crippen molar-refractivity contribution >= 4 is 11.5 Å². The molecule has 0 atom stereocenters. The molecule has 1 rings (SSSR count). The Kier molecular flexibility index (Phi) is 3.56. The molecule has 0 saturated heterocycles. The largest absolute Gasteiger partial charge is 0.387 e. The van der Waals surface area contributed by atoms with Crippen LogP contribution >= 0.6 is 0 Å². The summed E-state index contributed by atoms with van der Waals surface area (Å²) in [6.45, 7) is 1.92. The van der Waals surface area contributed by atoms with Gasteiger partial charge in [0.1, 0.15) is 5.69 Å². The lowest BCUT2D eigenvalue weighted by atomic mass is 10.3. The highest BCUT2D eigenvalue weighted by atomic mass is 19.1. The van der Waals surface area contributed by atoms with Gasteiger partial charge in [-0.1, -0.05) is 13.0 Å². The fourth-order valence-electron chi connectivity index (χ4n) is 1.05. The number of hydrogen-bond donors (Lipinski definition) is 1. The quantitative estimate of drug-likeness (QED) is 0.588. The molecule has 0 aromatic heterocycles. The van der Waals surface area contributed by atoms with Gasteiger partial charge in [0, 0.05) is 6.42 Å². The van der Waals surface area contributed by atoms with Crippen LogP contribution in [0.5, 0.6) is 0 Å². The Morgan fingerprint density at radius 1 is 1.36 bits per heavy atom. The van der Waals surface area contributed by atoms with E-state index in [1.54, 1.807) is 0 Å². The molecule has 0 unspecified atom stereocenters. The van der Waals surface area contributed by atoms with E-state index in [0.29, 0.717) is 6.42 Å². The Labute approximate surface area is 81.5 Å². The van der Waals surface area contributed by atoms with Crippen molar-refractivity contribution in [1.29, 1.82) is 0 Å². The molecule has 0 bridgehead atoms. The first-order valence-corrected chi connectivity index (χ1v) is 4.42. The highest BCUT2D eigenvalue weighted by Gasteiger charge is 2.06. The number of halogens is 2. The molecule has 0 aliphatic heterocycles. The third-order valence-electron chi connectivity index (χ3n) is 1.70. The number of para-hydroxylation sites is 1. The SMILES string of the molecule is CCCC(N)=Nc1c(F)cccc1F. The van der Waals surface area contributed by atoms with Crippen LogP contribution in [-0.2, 0) is 0 Å². The van der Waals surface area contributed by atoms with E-state index in [0.717, 1.165) is 18.6 Å². The Balaban J connectivity index is 3.01. The van der Waals surface area contributed by atoms with Crippen molar-refractivity contribution in [3.63, 3.8) is 0 Å². The molecule has 2 nitrogen and oxygen atoms in total. The molecule has 0 amide bonds. The smallest absolute Gasteiger partial charge is 0.151 e. The minimum atomic E-state index is -0.691. The average molecular weight is 198 g/mol. The molecule has 1 aromatic rings. The zero-order chi connectivity index (χ0) is 10.6. The van der Waals surface area contributed by atoms with Gasteiger partial charge in [0.25, 0.3) is 0 Å². The number of aliphatic imine (C=N–C) groups is 1. The fourth-order valence-corrected chi connectivity index (χ4v) is 1.05. The maximum absolute atomic E-state index is 13.0. The van der Waals surface area contributed by atoms with E-state index in [9.17, 15) is 8.78 Å². The summed E-state index contributed by atoms with van der Waals surface area (Å²) in [5.74, 6) is -1.13. The van der Waals surface area contributed by atoms with Gasteiger partial charge in [0.2, 0.25) is 0 Å². The van der Waals surface area contributed by atoms with Crippen LogP contribution < -0.4 is 5.73 Å². The molecule has 0 fully saturated rings. The molecule has 0 aliphatic carbocycles. The number of amidine groups is 1. The van der Waals surface area contributed by atoms with Crippen LogP contribution in [0, 0.1) is 11.6 Å². The Morgan fingerprint density at radius 2 is 1.93 bits per heavy atom. The van der Waals surface area contributed by atoms with Gasteiger partial charge in [0.05, 0.1) is 5.84 Å². The number of nitrogens with two attached hydrogens (primary N) is 1. The van der Waals surface area contributed by atoms with Crippen LogP contribution in [0.1, 0.15) is 19.8 Å². The summed E-state index contributed by atoms with van der Waals surface area (Å²) in [6.07, 6.45) is 1.33. The third-order valence-corrected chi connectivity index (χ3v) is 1.70. The standard InChI is InChI=1S/C10H12F2N2/c1-2-4-9(13)14-10-7(11)5-3-6-8(10)12/h3,5-6H,2,4H2,1H3,(H2,13,14). The van der Waals surface area contributed by atoms with E-state index in [2.05, 4.69) is 4.99 Å². The second-order valence-corrected chi connectivity index (χ2v) is 2.92. The summed E-state index contributed by atoms with van der Waals surface area (Å²) in [5.41, 5.74) is 5.16. The molecule has 14 heavy (non-hydrogen) atoms. The van der Waals surface area contributed by atoms with Crippen LogP contribution in [0.2, 0.25) is 0 Å².